The van der Waals surface area contributed by atoms with E-state index in [1.807, 2.05) is 13.0 Å². The fourth-order valence-corrected chi connectivity index (χ4v) is 2.03. The molecule has 17 heavy (non-hydrogen) atoms. The molecule has 0 aliphatic carbocycles. The third kappa shape index (κ3) is 3.22. The van der Waals surface area contributed by atoms with Crippen molar-refractivity contribution >= 4 is 11.7 Å². The van der Waals surface area contributed by atoms with Gasteiger partial charge in [-0.25, -0.2) is 4.79 Å². The highest BCUT2D eigenvalue weighted by Crippen LogP contribution is 2.23. The Morgan fingerprint density at radius 3 is 2.59 bits per heavy atom. The molecule has 1 atom stereocenters. The Labute approximate surface area is 103 Å². The maximum atomic E-state index is 10.9. The van der Waals surface area contributed by atoms with Crippen molar-refractivity contribution in [2.45, 2.75) is 39.7 Å². The van der Waals surface area contributed by atoms with Gasteiger partial charge >= 0.3 is 5.97 Å². The number of anilines is 1. The number of aromatic carboxylic acids is 1. The number of carbonyl (C=O) groups is 1. The van der Waals surface area contributed by atoms with Crippen molar-refractivity contribution in [2.24, 2.45) is 0 Å². The maximum Gasteiger partial charge on any atom is 0.335 e. The van der Waals surface area contributed by atoms with E-state index in [1.165, 1.54) is 0 Å². The van der Waals surface area contributed by atoms with Crippen molar-refractivity contribution < 1.29 is 9.90 Å². The number of aryl methyl sites for hydroxylation is 1. The summed E-state index contributed by atoms with van der Waals surface area (Å²) >= 11 is 0. The van der Waals surface area contributed by atoms with Crippen LogP contribution in [-0.2, 0) is 0 Å². The van der Waals surface area contributed by atoms with Crippen LogP contribution in [-0.4, -0.2) is 24.2 Å². The van der Waals surface area contributed by atoms with Crippen LogP contribution >= 0.6 is 0 Å². The van der Waals surface area contributed by atoms with Gasteiger partial charge < -0.3 is 10.0 Å². The first-order valence-corrected chi connectivity index (χ1v) is 6.04. The molecule has 0 saturated heterocycles. The van der Waals surface area contributed by atoms with Crippen LogP contribution in [0.1, 0.15) is 42.6 Å². The van der Waals surface area contributed by atoms with E-state index in [0.717, 1.165) is 24.1 Å². The van der Waals surface area contributed by atoms with Gasteiger partial charge in [0.1, 0.15) is 0 Å². The second kappa shape index (κ2) is 5.71. The molecule has 1 N–H and O–H groups in total. The van der Waals surface area contributed by atoms with E-state index in [2.05, 4.69) is 25.8 Å². The SMILES string of the molecule is CCCC(C)N(C)c1ccc(C(=O)O)cc1C. The number of benzene rings is 1. The molecule has 0 aliphatic rings. The predicted octanol–water partition coefficient (Wildman–Crippen LogP) is 3.32. The van der Waals surface area contributed by atoms with Gasteiger partial charge in [0.25, 0.3) is 0 Å². The van der Waals surface area contributed by atoms with Crippen molar-refractivity contribution in [3.63, 3.8) is 0 Å². The van der Waals surface area contributed by atoms with Gasteiger partial charge in [0.05, 0.1) is 5.56 Å². The number of rotatable bonds is 5. The first kappa shape index (κ1) is 13.6. The molecule has 1 rings (SSSR count). The van der Waals surface area contributed by atoms with Gasteiger partial charge in [-0.2, -0.15) is 0 Å². The highest BCUT2D eigenvalue weighted by Gasteiger charge is 2.12. The largest absolute Gasteiger partial charge is 0.478 e. The summed E-state index contributed by atoms with van der Waals surface area (Å²) in [4.78, 5) is 13.1. The normalized spacial score (nSPS) is 12.2. The summed E-state index contributed by atoms with van der Waals surface area (Å²) < 4.78 is 0. The Morgan fingerprint density at radius 2 is 2.12 bits per heavy atom. The van der Waals surface area contributed by atoms with E-state index in [4.69, 9.17) is 5.11 Å². The molecule has 94 valence electrons. The summed E-state index contributed by atoms with van der Waals surface area (Å²) in [6.45, 7) is 6.32. The molecule has 0 spiro atoms. The molecule has 0 aliphatic heterocycles. The van der Waals surface area contributed by atoms with E-state index < -0.39 is 5.97 Å². The van der Waals surface area contributed by atoms with Crippen LogP contribution in [0.5, 0.6) is 0 Å². The molecule has 1 unspecified atom stereocenters. The second-order valence-corrected chi connectivity index (χ2v) is 4.56. The molecular formula is C14H21NO2. The zero-order valence-electron chi connectivity index (χ0n) is 11.0. The molecule has 3 nitrogen and oxygen atoms in total. The number of hydrogen-bond donors (Lipinski definition) is 1. The summed E-state index contributed by atoms with van der Waals surface area (Å²) in [5, 5.41) is 8.92. The van der Waals surface area contributed by atoms with Crippen molar-refractivity contribution in [3.05, 3.63) is 29.3 Å². The van der Waals surface area contributed by atoms with Crippen LogP contribution in [0.3, 0.4) is 0 Å². The van der Waals surface area contributed by atoms with Crippen molar-refractivity contribution in [2.75, 3.05) is 11.9 Å². The molecular weight excluding hydrogens is 214 g/mol. The van der Waals surface area contributed by atoms with E-state index in [1.54, 1.807) is 12.1 Å². The van der Waals surface area contributed by atoms with Crippen LogP contribution < -0.4 is 4.90 Å². The van der Waals surface area contributed by atoms with Crippen LogP contribution in [0.25, 0.3) is 0 Å². The van der Waals surface area contributed by atoms with Gasteiger partial charge in [0.2, 0.25) is 0 Å². The third-order valence-electron chi connectivity index (χ3n) is 3.19. The minimum Gasteiger partial charge on any atom is -0.478 e. The van der Waals surface area contributed by atoms with Crippen LogP contribution in [0, 0.1) is 6.92 Å². The van der Waals surface area contributed by atoms with Crippen LogP contribution in [0.15, 0.2) is 18.2 Å². The van der Waals surface area contributed by atoms with Crippen molar-refractivity contribution in [1.82, 2.24) is 0 Å². The quantitative estimate of drug-likeness (QED) is 0.851. The van der Waals surface area contributed by atoms with Gasteiger partial charge in [-0.05, 0) is 44.0 Å². The number of hydrogen-bond acceptors (Lipinski definition) is 2. The molecule has 1 aromatic carbocycles. The van der Waals surface area contributed by atoms with Gasteiger partial charge in [0.15, 0.2) is 0 Å². The lowest BCUT2D eigenvalue weighted by Crippen LogP contribution is -2.29. The van der Waals surface area contributed by atoms with Gasteiger partial charge in [-0.3, -0.25) is 0 Å². The van der Waals surface area contributed by atoms with Crippen molar-refractivity contribution in [1.29, 1.82) is 0 Å². The number of carboxylic acids is 1. The first-order valence-electron chi connectivity index (χ1n) is 6.04. The zero-order chi connectivity index (χ0) is 13.0. The maximum absolute atomic E-state index is 10.9. The number of nitrogens with zero attached hydrogens (tertiary/aromatic N) is 1. The molecule has 3 heteroatoms. The van der Waals surface area contributed by atoms with Gasteiger partial charge in [-0.1, -0.05) is 13.3 Å². The van der Waals surface area contributed by atoms with Crippen molar-refractivity contribution in [3.8, 4) is 0 Å². The minimum atomic E-state index is -0.871. The van der Waals surface area contributed by atoms with Crippen LogP contribution in [0.4, 0.5) is 5.69 Å². The Balaban J connectivity index is 2.95. The molecule has 0 amide bonds. The summed E-state index contributed by atoms with van der Waals surface area (Å²) in [6.07, 6.45) is 2.29. The molecule has 0 saturated carbocycles. The summed E-state index contributed by atoms with van der Waals surface area (Å²) in [7, 11) is 2.06. The molecule has 0 fully saturated rings. The lowest BCUT2D eigenvalue weighted by molar-refractivity contribution is 0.0697. The second-order valence-electron chi connectivity index (χ2n) is 4.56. The van der Waals surface area contributed by atoms with E-state index in [-0.39, 0.29) is 0 Å². The summed E-state index contributed by atoms with van der Waals surface area (Å²) in [5.74, 6) is -0.871. The predicted molar refractivity (Wildman–Crippen MR) is 70.9 cm³/mol. The van der Waals surface area contributed by atoms with E-state index >= 15 is 0 Å². The lowest BCUT2D eigenvalue weighted by Gasteiger charge is -2.28. The zero-order valence-corrected chi connectivity index (χ0v) is 11.0. The fraction of sp³-hybridized carbons (Fsp3) is 0.500. The molecule has 0 aromatic heterocycles. The Hall–Kier alpha value is -1.51. The molecule has 0 bridgehead atoms. The monoisotopic (exact) mass is 235 g/mol. The average Bonchev–Trinajstić information content (AvgIpc) is 2.28. The molecule has 0 radical (unpaired) electrons. The summed E-state index contributed by atoms with van der Waals surface area (Å²) in [5.41, 5.74) is 2.47. The number of carboxylic acid groups (broad SMARTS) is 1. The topological polar surface area (TPSA) is 40.5 Å². The lowest BCUT2D eigenvalue weighted by atomic mass is 10.1. The van der Waals surface area contributed by atoms with Gasteiger partial charge in [0, 0.05) is 18.8 Å². The highest BCUT2D eigenvalue weighted by atomic mass is 16.4. The molecule has 1 aromatic rings. The highest BCUT2D eigenvalue weighted by molar-refractivity contribution is 5.88. The Morgan fingerprint density at radius 1 is 1.47 bits per heavy atom. The van der Waals surface area contributed by atoms with E-state index in [9.17, 15) is 4.79 Å². The van der Waals surface area contributed by atoms with Crippen LogP contribution in [0.2, 0.25) is 0 Å². The fourth-order valence-electron chi connectivity index (χ4n) is 2.03. The standard InChI is InChI=1S/C14H21NO2/c1-5-6-11(3)15(4)13-8-7-12(14(16)17)9-10(13)2/h7-9,11H,5-6H2,1-4H3,(H,16,17). The average molecular weight is 235 g/mol. The minimum absolute atomic E-state index is 0.350. The molecule has 0 heterocycles. The van der Waals surface area contributed by atoms with Gasteiger partial charge in [-0.15, -0.1) is 0 Å². The Bertz CT molecular complexity index is 401. The van der Waals surface area contributed by atoms with E-state index in [0.29, 0.717) is 11.6 Å². The third-order valence-corrected chi connectivity index (χ3v) is 3.19. The smallest absolute Gasteiger partial charge is 0.335 e. The first-order chi connectivity index (χ1) is 7.97. The Kier molecular flexibility index (Phi) is 4.55. The summed E-state index contributed by atoms with van der Waals surface area (Å²) in [6, 6.07) is 5.76.